The molecule has 2 saturated heterocycles. The number of aromatic nitrogens is 2. The molecule has 21 heavy (non-hydrogen) atoms. The van der Waals surface area contributed by atoms with Crippen LogP contribution in [0.4, 0.5) is 6.01 Å². The Morgan fingerprint density at radius 1 is 1.43 bits per heavy atom. The molecule has 3 heterocycles. The van der Waals surface area contributed by atoms with Gasteiger partial charge in [0, 0.05) is 25.6 Å². The number of carbonyl (C=O) groups excluding carboxylic acids is 1. The molecule has 7 heteroatoms. The number of anilines is 1. The first kappa shape index (κ1) is 14.3. The van der Waals surface area contributed by atoms with Crippen LogP contribution in [0.25, 0.3) is 0 Å². The van der Waals surface area contributed by atoms with Crippen molar-refractivity contribution < 1.29 is 9.21 Å². The van der Waals surface area contributed by atoms with E-state index < -0.39 is 0 Å². The van der Waals surface area contributed by atoms with Gasteiger partial charge in [0.25, 0.3) is 0 Å². The van der Waals surface area contributed by atoms with E-state index in [1.807, 2.05) is 0 Å². The summed E-state index contributed by atoms with van der Waals surface area (Å²) in [4.78, 5) is 13.6. The van der Waals surface area contributed by atoms with Gasteiger partial charge in [-0.3, -0.25) is 4.79 Å². The van der Waals surface area contributed by atoms with E-state index in [9.17, 15) is 4.79 Å². The lowest BCUT2D eigenvalue weighted by molar-refractivity contribution is -0.124. The van der Waals surface area contributed by atoms with Crippen LogP contribution < -0.4 is 15.5 Å². The molecular formula is C14H23N5O2. The summed E-state index contributed by atoms with van der Waals surface area (Å²) in [5, 5.41) is 14.6. The second-order valence-electron chi connectivity index (χ2n) is 5.86. The Hall–Kier alpha value is -1.63. The second kappa shape index (κ2) is 6.43. The van der Waals surface area contributed by atoms with Crippen molar-refractivity contribution in [3.63, 3.8) is 0 Å². The highest BCUT2D eigenvalue weighted by atomic mass is 16.4. The van der Waals surface area contributed by atoms with Gasteiger partial charge in [0.2, 0.25) is 11.8 Å². The average Bonchev–Trinajstić information content (AvgIpc) is 2.96. The molecule has 7 nitrogen and oxygen atoms in total. The van der Waals surface area contributed by atoms with Gasteiger partial charge in [-0.2, -0.15) is 0 Å². The molecule has 1 aromatic rings. The fraction of sp³-hybridized carbons (Fsp3) is 0.786. The SMILES string of the molecule is CCCNCc1nnc(N2CCC3NC(=O)CCC3C2)o1. The Kier molecular flexibility index (Phi) is 4.38. The van der Waals surface area contributed by atoms with Crippen molar-refractivity contribution in [3.05, 3.63) is 5.89 Å². The largest absolute Gasteiger partial charge is 0.407 e. The van der Waals surface area contributed by atoms with Crippen LogP contribution in [0, 0.1) is 5.92 Å². The number of hydrogen-bond acceptors (Lipinski definition) is 6. The highest BCUT2D eigenvalue weighted by Gasteiger charge is 2.35. The van der Waals surface area contributed by atoms with E-state index >= 15 is 0 Å². The predicted octanol–water partition coefficient (Wildman–Crippen LogP) is 0.674. The molecule has 1 aromatic heterocycles. The minimum atomic E-state index is 0.187. The van der Waals surface area contributed by atoms with Gasteiger partial charge >= 0.3 is 6.01 Å². The fourth-order valence-corrected chi connectivity index (χ4v) is 3.10. The second-order valence-corrected chi connectivity index (χ2v) is 5.86. The van der Waals surface area contributed by atoms with Crippen LogP contribution in [-0.2, 0) is 11.3 Å². The molecule has 2 atom stereocenters. The van der Waals surface area contributed by atoms with E-state index in [-0.39, 0.29) is 5.91 Å². The molecule has 0 aliphatic carbocycles. The summed E-state index contributed by atoms with van der Waals surface area (Å²) in [7, 11) is 0. The molecule has 0 saturated carbocycles. The van der Waals surface area contributed by atoms with Crippen LogP contribution in [0.2, 0.25) is 0 Å². The molecule has 3 rings (SSSR count). The summed E-state index contributed by atoms with van der Waals surface area (Å²) in [6.45, 7) is 5.43. The summed E-state index contributed by atoms with van der Waals surface area (Å²) < 4.78 is 5.72. The summed E-state index contributed by atoms with van der Waals surface area (Å²) in [5.41, 5.74) is 0. The Morgan fingerprint density at radius 3 is 3.19 bits per heavy atom. The van der Waals surface area contributed by atoms with Gasteiger partial charge in [-0.05, 0) is 31.7 Å². The lowest BCUT2D eigenvalue weighted by Crippen LogP contribution is -2.54. The Bertz CT molecular complexity index is 489. The molecule has 2 aliphatic rings. The highest BCUT2D eigenvalue weighted by molar-refractivity contribution is 5.77. The number of nitrogens with zero attached hydrogens (tertiary/aromatic N) is 3. The number of carbonyl (C=O) groups is 1. The maximum Gasteiger partial charge on any atom is 0.318 e. The van der Waals surface area contributed by atoms with Crippen molar-refractivity contribution in [1.29, 1.82) is 0 Å². The molecule has 0 spiro atoms. The van der Waals surface area contributed by atoms with Gasteiger partial charge in [-0.1, -0.05) is 12.0 Å². The van der Waals surface area contributed by atoms with Crippen LogP contribution >= 0.6 is 0 Å². The quantitative estimate of drug-likeness (QED) is 0.777. The van der Waals surface area contributed by atoms with Crippen molar-refractivity contribution in [2.75, 3.05) is 24.5 Å². The van der Waals surface area contributed by atoms with E-state index in [1.54, 1.807) is 0 Å². The van der Waals surface area contributed by atoms with Crippen molar-refractivity contribution in [1.82, 2.24) is 20.8 Å². The first-order valence-corrected chi connectivity index (χ1v) is 7.83. The van der Waals surface area contributed by atoms with Crippen LogP contribution in [0.1, 0.15) is 38.5 Å². The maximum atomic E-state index is 11.4. The Balaban J connectivity index is 1.57. The third-order valence-corrected chi connectivity index (χ3v) is 4.25. The van der Waals surface area contributed by atoms with Gasteiger partial charge in [0.1, 0.15) is 0 Å². The van der Waals surface area contributed by atoms with Crippen molar-refractivity contribution >= 4 is 11.9 Å². The number of nitrogens with one attached hydrogen (secondary N) is 2. The number of hydrogen-bond donors (Lipinski definition) is 2. The number of piperidine rings is 2. The minimum Gasteiger partial charge on any atom is -0.407 e. The molecule has 2 unspecified atom stereocenters. The molecule has 116 valence electrons. The normalized spacial score (nSPS) is 25.6. The van der Waals surface area contributed by atoms with E-state index in [4.69, 9.17) is 4.42 Å². The predicted molar refractivity (Wildman–Crippen MR) is 77.8 cm³/mol. The van der Waals surface area contributed by atoms with Crippen LogP contribution in [0.3, 0.4) is 0 Å². The average molecular weight is 293 g/mol. The summed E-state index contributed by atoms with van der Waals surface area (Å²) in [5.74, 6) is 1.31. The monoisotopic (exact) mass is 293 g/mol. The third kappa shape index (κ3) is 3.34. The first-order chi connectivity index (χ1) is 10.3. The zero-order chi connectivity index (χ0) is 14.7. The van der Waals surface area contributed by atoms with Crippen LogP contribution in [0.5, 0.6) is 0 Å². The van der Waals surface area contributed by atoms with E-state index in [0.717, 1.165) is 38.9 Å². The van der Waals surface area contributed by atoms with E-state index in [0.29, 0.717) is 36.8 Å². The molecule has 0 bridgehead atoms. The molecule has 0 radical (unpaired) electrons. The van der Waals surface area contributed by atoms with Crippen molar-refractivity contribution in [2.24, 2.45) is 5.92 Å². The van der Waals surface area contributed by atoms with Crippen LogP contribution in [-0.4, -0.2) is 41.8 Å². The number of amides is 1. The van der Waals surface area contributed by atoms with E-state index in [1.165, 1.54) is 0 Å². The fourth-order valence-electron chi connectivity index (χ4n) is 3.10. The first-order valence-electron chi connectivity index (χ1n) is 7.83. The standard InChI is InChI=1S/C14H23N5O2/c1-2-6-15-8-13-17-18-14(21-13)19-7-5-11-10(9-19)3-4-12(20)16-11/h10-11,15H,2-9H2,1H3,(H,16,20). The summed E-state index contributed by atoms with van der Waals surface area (Å²) >= 11 is 0. The topological polar surface area (TPSA) is 83.3 Å². The number of fused-ring (bicyclic) bond motifs is 1. The minimum absolute atomic E-state index is 0.187. The Morgan fingerprint density at radius 2 is 2.33 bits per heavy atom. The molecule has 1 amide bonds. The molecular weight excluding hydrogens is 270 g/mol. The van der Waals surface area contributed by atoms with Gasteiger partial charge in [-0.25, -0.2) is 0 Å². The smallest absolute Gasteiger partial charge is 0.318 e. The summed E-state index contributed by atoms with van der Waals surface area (Å²) in [6, 6.07) is 0.926. The van der Waals surface area contributed by atoms with Crippen molar-refractivity contribution in [3.8, 4) is 0 Å². The lowest BCUT2D eigenvalue weighted by Gasteiger charge is -2.40. The Labute approximate surface area is 124 Å². The maximum absolute atomic E-state index is 11.4. The number of rotatable bonds is 5. The highest BCUT2D eigenvalue weighted by Crippen LogP contribution is 2.28. The summed E-state index contributed by atoms with van der Waals surface area (Å²) in [6.07, 6.45) is 3.61. The van der Waals surface area contributed by atoms with Gasteiger partial charge in [-0.15, -0.1) is 5.10 Å². The van der Waals surface area contributed by atoms with Crippen LogP contribution in [0.15, 0.2) is 4.42 Å². The third-order valence-electron chi connectivity index (χ3n) is 4.25. The van der Waals surface area contributed by atoms with E-state index in [2.05, 4.69) is 32.7 Å². The van der Waals surface area contributed by atoms with Gasteiger partial charge in [0.05, 0.1) is 6.54 Å². The molecule has 0 aromatic carbocycles. The zero-order valence-electron chi connectivity index (χ0n) is 12.5. The molecule has 2 aliphatic heterocycles. The molecule has 2 N–H and O–H groups in total. The van der Waals surface area contributed by atoms with Gasteiger partial charge < -0.3 is 20.0 Å². The molecule has 2 fully saturated rings. The van der Waals surface area contributed by atoms with Crippen molar-refractivity contribution in [2.45, 2.75) is 45.2 Å². The zero-order valence-corrected chi connectivity index (χ0v) is 12.5. The lowest BCUT2D eigenvalue weighted by atomic mass is 9.85. The van der Waals surface area contributed by atoms with Gasteiger partial charge in [0.15, 0.2) is 0 Å².